The van der Waals surface area contributed by atoms with Crippen molar-refractivity contribution in [1.82, 2.24) is 0 Å². The first kappa shape index (κ1) is 27.9. The van der Waals surface area contributed by atoms with Crippen LogP contribution in [0.3, 0.4) is 0 Å². The average molecular weight is 614 g/mol. The lowest BCUT2D eigenvalue weighted by Gasteiger charge is -2.26. The SMILES string of the molecule is c1ccc(-c2ccc(-c3cc4ccccc4c4c3oc3cccc(N(c5ccccc5)c5ccc(-c6ccccc6)cc5)c34)cc2)cc1. The maximum Gasteiger partial charge on any atom is 0.143 e. The normalized spacial score (nSPS) is 11.3. The number of rotatable bonds is 6. The van der Waals surface area contributed by atoms with Gasteiger partial charge in [0, 0.05) is 22.3 Å². The number of fused-ring (bicyclic) bond motifs is 5. The summed E-state index contributed by atoms with van der Waals surface area (Å²) in [6, 6.07) is 66.7. The molecule has 48 heavy (non-hydrogen) atoms. The number of furan rings is 1. The molecule has 9 aromatic rings. The highest BCUT2D eigenvalue weighted by atomic mass is 16.3. The zero-order valence-electron chi connectivity index (χ0n) is 26.3. The molecule has 0 N–H and O–H groups in total. The molecule has 2 nitrogen and oxygen atoms in total. The maximum atomic E-state index is 6.87. The summed E-state index contributed by atoms with van der Waals surface area (Å²) in [6.45, 7) is 0. The summed E-state index contributed by atoms with van der Waals surface area (Å²) in [5.41, 5.74) is 12.0. The van der Waals surface area contributed by atoms with E-state index in [4.69, 9.17) is 4.42 Å². The Morgan fingerprint density at radius 2 is 0.896 bits per heavy atom. The molecule has 0 aliphatic rings. The van der Waals surface area contributed by atoms with E-state index in [1.54, 1.807) is 0 Å². The van der Waals surface area contributed by atoms with Gasteiger partial charge in [-0.05, 0) is 81.1 Å². The molecule has 0 unspecified atom stereocenters. The lowest BCUT2D eigenvalue weighted by atomic mass is 9.94. The minimum Gasteiger partial charge on any atom is -0.455 e. The molecular formula is C46H31NO. The van der Waals surface area contributed by atoms with Crippen LogP contribution >= 0.6 is 0 Å². The Kier molecular flexibility index (Phi) is 6.84. The lowest BCUT2D eigenvalue weighted by molar-refractivity contribution is 0.670. The van der Waals surface area contributed by atoms with Gasteiger partial charge in [-0.25, -0.2) is 0 Å². The van der Waals surface area contributed by atoms with Crippen LogP contribution in [0.1, 0.15) is 0 Å². The van der Waals surface area contributed by atoms with Crippen LogP contribution in [0.15, 0.2) is 192 Å². The first-order valence-electron chi connectivity index (χ1n) is 16.4. The van der Waals surface area contributed by atoms with Crippen LogP contribution in [0.5, 0.6) is 0 Å². The van der Waals surface area contributed by atoms with Gasteiger partial charge in [-0.3, -0.25) is 0 Å². The first-order valence-corrected chi connectivity index (χ1v) is 16.4. The van der Waals surface area contributed by atoms with Crippen molar-refractivity contribution in [3.8, 4) is 33.4 Å². The third kappa shape index (κ3) is 4.83. The van der Waals surface area contributed by atoms with E-state index >= 15 is 0 Å². The van der Waals surface area contributed by atoms with Crippen LogP contribution in [-0.4, -0.2) is 0 Å². The Morgan fingerprint density at radius 1 is 0.375 bits per heavy atom. The van der Waals surface area contributed by atoms with E-state index in [1.165, 1.54) is 33.0 Å². The number of anilines is 3. The van der Waals surface area contributed by atoms with Crippen molar-refractivity contribution in [2.45, 2.75) is 0 Å². The van der Waals surface area contributed by atoms with Crippen LogP contribution in [0.25, 0.3) is 66.1 Å². The van der Waals surface area contributed by atoms with Gasteiger partial charge < -0.3 is 9.32 Å². The van der Waals surface area contributed by atoms with E-state index in [2.05, 4.69) is 193 Å². The van der Waals surface area contributed by atoms with Gasteiger partial charge in [0.1, 0.15) is 11.2 Å². The summed E-state index contributed by atoms with van der Waals surface area (Å²) >= 11 is 0. The van der Waals surface area contributed by atoms with E-state index in [-0.39, 0.29) is 0 Å². The van der Waals surface area contributed by atoms with Gasteiger partial charge >= 0.3 is 0 Å². The average Bonchev–Trinajstić information content (AvgIpc) is 3.57. The highest BCUT2D eigenvalue weighted by Crippen LogP contribution is 2.47. The lowest BCUT2D eigenvalue weighted by Crippen LogP contribution is -2.10. The Labute approximate surface area is 279 Å². The summed E-state index contributed by atoms with van der Waals surface area (Å²) in [7, 11) is 0. The van der Waals surface area contributed by atoms with Gasteiger partial charge in [0.2, 0.25) is 0 Å². The van der Waals surface area contributed by atoms with E-state index in [0.29, 0.717) is 0 Å². The fourth-order valence-electron chi connectivity index (χ4n) is 6.96. The van der Waals surface area contributed by atoms with Crippen molar-refractivity contribution >= 4 is 49.8 Å². The largest absolute Gasteiger partial charge is 0.455 e. The Balaban J connectivity index is 1.27. The van der Waals surface area contributed by atoms with Gasteiger partial charge in [0.25, 0.3) is 0 Å². The fraction of sp³-hybridized carbons (Fsp3) is 0. The Morgan fingerprint density at radius 3 is 1.56 bits per heavy atom. The van der Waals surface area contributed by atoms with E-state index in [9.17, 15) is 0 Å². The molecule has 0 atom stereocenters. The van der Waals surface area contributed by atoms with Crippen LogP contribution < -0.4 is 4.90 Å². The molecule has 0 fully saturated rings. The molecule has 1 aromatic heterocycles. The van der Waals surface area contributed by atoms with E-state index in [1.807, 2.05) is 0 Å². The van der Waals surface area contributed by atoms with Crippen LogP contribution in [0, 0.1) is 0 Å². The van der Waals surface area contributed by atoms with Gasteiger partial charge in [-0.15, -0.1) is 0 Å². The molecule has 0 radical (unpaired) electrons. The quantitative estimate of drug-likeness (QED) is 0.185. The standard InChI is InChI=1S/C46H31NO/c1-4-13-32(14-5-1)34-23-25-36(26-24-34)41-31-37-17-10-11-20-40(37)44-45-42(21-12-22-43(45)48-46(41)44)47(38-18-8-3-9-19-38)39-29-27-35(28-30-39)33-15-6-2-7-16-33/h1-31H. The van der Waals surface area contributed by atoms with Crippen molar-refractivity contribution in [2.24, 2.45) is 0 Å². The molecule has 0 spiro atoms. The molecule has 226 valence electrons. The van der Waals surface area contributed by atoms with Crippen molar-refractivity contribution < 1.29 is 4.42 Å². The second kappa shape index (κ2) is 11.8. The molecule has 0 amide bonds. The molecule has 0 aliphatic heterocycles. The molecule has 0 aliphatic carbocycles. The zero-order chi connectivity index (χ0) is 31.9. The third-order valence-electron chi connectivity index (χ3n) is 9.26. The zero-order valence-corrected chi connectivity index (χ0v) is 26.3. The predicted molar refractivity (Wildman–Crippen MR) is 202 cm³/mol. The highest BCUT2D eigenvalue weighted by Gasteiger charge is 2.22. The Hall–Kier alpha value is -6.38. The third-order valence-corrected chi connectivity index (χ3v) is 9.26. The molecule has 2 heteroatoms. The van der Waals surface area contributed by atoms with E-state index in [0.717, 1.165) is 50.1 Å². The van der Waals surface area contributed by atoms with Crippen molar-refractivity contribution in [3.63, 3.8) is 0 Å². The summed E-state index contributed by atoms with van der Waals surface area (Å²) in [6.07, 6.45) is 0. The van der Waals surface area contributed by atoms with Crippen molar-refractivity contribution in [2.75, 3.05) is 4.90 Å². The molecule has 9 rings (SSSR count). The van der Waals surface area contributed by atoms with Crippen LogP contribution in [-0.2, 0) is 0 Å². The summed E-state index contributed by atoms with van der Waals surface area (Å²) in [5.74, 6) is 0. The molecule has 0 bridgehead atoms. The van der Waals surface area contributed by atoms with Gasteiger partial charge in [-0.1, -0.05) is 146 Å². The summed E-state index contributed by atoms with van der Waals surface area (Å²) in [5, 5.41) is 4.59. The topological polar surface area (TPSA) is 16.4 Å². The van der Waals surface area contributed by atoms with Crippen molar-refractivity contribution in [1.29, 1.82) is 0 Å². The number of hydrogen-bond acceptors (Lipinski definition) is 2. The number of benzene rings is 8. The van der Waals surface area contributed by atoms with Gasteiger partial charge in [0.15, 0.2) is 0 Å². The maximum absolute atomic E-state index is 6.87. The molecule has 8 aromatic carbocycles. The molecule has 0 saturated heterocycles. The second-order valence-corrected chi connectivity index (χ2v) is 12.1. The molecule has 0 saturated carbocycles. The van der Waals surface area contributed by atoms with Gasteiger partial charge in [0.05, 0.1) is 11.1 Å². The number of nitrogens with zero attached hydrogens (tertiary/aromatic N) is 1. The highest BCUT2D eigenvalue weighted by molar-refractivity contribution is 6.26. The minimum absolute atomic E-state index is 0.864. The van der Waals surface area contributed by atoms with E-state index < -0.39 is 0 Å². The predicted octanol–water partition coefficient (Wildman–Crippen LogP) is 13.2. The number of hydrogen-bond donors (Lipinski definition) is 0. The Bertz CT molecular complexity index is 2520. The summed E-state index contributed by atoms with van der Waals surface area (Å²) < 4.78 is 6.87. The van der Waals surface area contributed by atoms with Crippen LogP contribution in [0.2, 0.25) is 0 Å². The minimum atomic E-state index is 0.864. The fourth-order valence-corrected chi connectivity index (χ4v) is 6.96. The van der Waals surface area contributed by atoms with Gasteiger partial charge in [-0.2, -0.15) is 0 Å². The smallest absolute Gasteiger partial charge is 0.143 e. The molecule has 1 heterocycles. The summed E-state index contributed by atoms with van der Waals surface area (Å²) in [4.78, 5) is 2.35. The first-order chi connectivity index (χ1) is 23.8. The second-order valence-electron chi connectivity index (χ2n) is 12.1. The van der Waals surface area contributed by atoms with Crippen LogP contribution in [0.4, 0.5) is 17.1 Å². The monoisotopic (exact) mass is 613 g/mol. The molecular weight excluding hydrogens is 583 g/mol. The number of para-hydroxylation sites is 1. The van der Waals surface area contributed by atoms with Crippen molar-refractivity contribution in [3.05, 3.63) is 188 Å².